The summed E-state index contributed by atoms with van der Waals surface area (Å²) in [5, 5.41) is 11.6. The normalized spacial score (nSPS) is 17.6. The highest BCUT2D eigenvalue weighted by atomic mass is 35.5. The Kier molecular flexibility index (Phi) is 8.03. The van der Waals surface area contributed by atoms with Crippen molar-refractivity contribution in [1.82, 2.24) is 25.2 Å². The van der Waals surface area contributed by atoms with Gasteiger partial charge in [0.25, 0.3) is 5.91 Å². The molecular weight excluding hydrogens is 406 g/mol. The maximum Gasteiger partial charge on any atom is 0.276 e. The Bertz CT molecular complexity index is 775. The number of hydrogen-bond donors (Lipinski definition) is 1. The summed E-state index contributed by atoms with van der Waals surface area (Å²) < 4.78 is 15.7. The van der Waals surface area contributed by atoms with Gasteiger partial charge in [-0.25, -0.2) is 9.07 Å². The molecule has 0 aliphatic carbocycles. The second kappa shape index (κ2) is 10.0. The van der Waals surface area contributed by atoms with Crippen molar-refractivity contribution >= 4 is 36.4 Å². The number of rotatable bonds is 3. The van der Waals surface area contributed by atoms with Gasteiger partial charge in [0, 0.05) is 26.2 Å². The van der Waals surface area contributed by atoms with Crippen molar-refractivity contribution in [3.8, 4) is 0 Å². The van der Waals surface area contributed by atoms with Crippen molar-refractivity contribution in [3.63, 3.8) is 0 Å². The molecule has 1 N–H and O–H groups in total. The number of nitrogens with zero attached hydrogens (tertiary/aromatic N) is 5. The summed E-state index contributed by atoms with van der Waals surface area (Å²) in [5.74, 6) is -0.324. The largest absolute Gasteiger partial charge is 0.366 e. The molecular formula is C18H25Cl2FN6O. The van der Waals surface area contributed by atoms with Gasteiger partial charge in [-0.2, -0.15) is 0 Å². The molecule has 0 spiro atoms. The lowest BCUT2D eigenvalue weighted by Crippen LogP contribution is -2.49. The summed E-state index contributed by atoms with van der Waals surface area (Å²) in [6, 6.07) is 7.06. The van der Waals surface area contributed by atoms with E-state index in [0.29, 0.717) is 43.6 Å². The van der Waals surface area contributed by atoms with Gasteiger partial charge in [0.1, 0.15) is 5.82 Å². The zero-order valence-electron chi connectivity index (χ0n) is 15.5. The van der Waals surface area contributed by atoms with Crippen LogP contribution in [-0.4, -0.2) is 65.1 Å². The lowest BCUT2D eigenvalue weighted by Gasteiger charge is -2.35. The Morgan fingerprint density at radius 2 is 1.75 bits per heavy atom. The van der Waals surface area contributed by atoms with E-state index in [4.69, 9.17) is 0 Å². The highest BCUT2D eigenvalue weighted by Crippen LogP contribution is 2.21. The second-order valence-corrected chi connectivity index (χ2v) is 6.80. The van der Waals surface area contributed by atoms with Crippen LogP contribution in [0, 0.1) is 5.82 Å². The minimum atomic E-state index is -0.225. The van der Waals surface area contributed by atoms with Crippen molar-refractivity contribution in [2.75, 3.05) is 44.2 Å². The van der Waals surface area contributed by atoms with Crippen LogP contribution in [0.25, 0.3) is 0 Å². The van der Waals surface area contributed by atoms with Crippen molar-refractivity contribution < 1.29 is 9.18 Å². The lowest BCUT2D eigenvalue weighted by atomic mass is 10.1. The van der Waals surface area contributed by atoms with E-state index >= 15 is 0 Å². The van der Waals surface area contributed by atoms with Crippen LogP contribution in [0.5, 0.6) is 0 Å². The number of nitrogens with one attached hydrogen (secondary N) is 1. The first kappa shape index (κ1) is 22.4. The van der Waals surface area contributed by atoms with Crippen molar-refractivity contribution in [1.29, 1.82) is 0 Å². The Morgan fingerprint density at radius 3 is 2.43 bits per heavy atom. The number of piperidine rings is 1. The maximum atomic E-state index is 13.9. The summed E-state index contributed by atoms with van der Waals surface area (Å²) in [7, 11) is 0. The van der Waals surface area contributed by atoms with E-state index in [1.807, 2.05) is 15.6 Å². The number of anilines is 1. The van der Waals surface area contributed by atoms with E-state index in [9.17, 15) is 9.18 Å². The molecule has 3 heterocycles. The SMILES string of the molecule is Cl.Cl.O=C(c1cn(C2CCNCC2)nn1)N1CCN(c2ccccc2F)CC1. The Labute approximate surface area is 176 Å². The van der Waals surface area contributed by atoms with Gasteiger partial charge in [-0.15, -0.1) is 29.9 Å². The number of piperazine rings is 1. The number of aromatic nitrogens is 3. The fraction of sp³-hybridized carbons (Fsp3) is 0.500. The lowest BCUT2D eigenvalue weighted by molar-refractivity contribution is 0.0740. The van der Waals surface area contributed by atoms with Gasteiger partial charge < -0.3 is 15.1 Å². The first-order valence-corrected chi connectivity index (χ1v) is 9.13. The third kappa shape index (κ3) is 4.74. The first-order chi connectivity index (χ1) is 12.7. The number of benzene rings is 1. The van der Waals surface area contributed by atoms with Crippen LogP contribution in [0.3, 0.4) is 0 Å². The van der Waals surface area contributed by atoms with Gasteiger partial charge in [-0.05, 0) is 38.1 Å². The molecule has 2 fully saturated rings. The van der Waals surface area contributed by atoms with Crippen molar-refractivity contribution in [2.45, 2.75) is 18.9 Å². The van der Waals surface area contributed by atoms with Crippen LogP contribution < -0.4 is 10.2 Å². The molecule has 1 amide bonds. The summed E-state index contributed by atoms with van der Waals surface area (Å²) in [5.41, 5.74) is 0.985. The minimum absolute atomic E-state index is 0. The average molecular weight is 431 g/mol. The maximum absolute atomic E-state index is 13.9. The van der Waals surface area contributed by atoms with Gasteiger partial charge in [-0.3, -0.25) is 4.79 Å². The highest BCUT2D eigenvalue weighted by molar-refractivity contribution is 5.92. The third-order valence-corrected chi connectivity index (χ3v) is 5.17. The third-order valence-electron chi connectivity index (χ3n) is 5.17. The molecule has 7 nitrogen and oxygen atoms in total. The topological polar surface area (TPSA) is 66.3 Å². The summed E-state index contributed by atoms with van der Waals surface area (Å²) in [4.78, 5) is 16.5. The Morgan fingerprint density at radius 1 is 1.07 bits per heavy atom. The molecule has 0 unspecified atom stereocenters. The molecule has 0 atom stereocenters. The molecule has 0 radical (unpaired) electrons. The van der Waals surface area contributed by atoms with E-state index in [-0.39, 0.29) is 36.5 Å². The fourth-order valence-electron chi connectivity index (χ4n) is 3.65. The highest BCUT2D eigenvalue weighted by Gasteiger charge is 2.26. The molecule has 2 aromatic rings. The molecule has 2 aliphatic rings. The smallest absolute Gasteiger partial charge is 0.276 e. The van der Waals surface area contributed by atoms with Crippen LogP contribution >= 0.6 is 24.8 Å². The monoisotopic (exact) mass is 430 g/mol. The van der Waals surface area contributed by atoms with E-state index in [1.54, 1.807) is 23.2 Å². The molecule has 2 aliphatic heterocycles. The molecule has 0 saturated carbocycles. The second-order valence-electron chi connectivity index (χ2n) is 6.80. The summed E-state index contributed by atoms with van der Waals surface area (Å²) in [6.45, 7) is 4.24. The zero-order chi connectivity index (χ0) is 17.9. The molecule has 154 valence electrons. The minimum Gasteiger partial charge on any atom is -0.366 e. The number of carbonyl (C=O) groups excluding carboxylic acids is 1. The predicted molar refractivity (Wildman–Crippen MR) is 110 cm³/mol. The van der Waals surface area contributed by atoms with Crippen LogP contribution in [0.2, 0.25) is 0 Å². The van der Waals surface area contributed by atoms with E-state index in [1.165, 1.54) is 6.07 Å². The van der Waals surface area contributed by atoms with E-state index in [2.05, 4.69) is 15.6 Å². The molecule has 1 aromatic heterocycles. The van der Waals surface area contributed by atoms with Gasteiger partial charge >= 0.3 is 0 Å². The molecule has 4 rings (SSSR count). The number of carbonyl (C=O) groups is 1. The van der Waals surface area contributed by atoms with Gasteiger partial charge in [0.15, 0.2) is 5.69 Å². The van der Waals surface area contributed by atoms with Gasteiger partial charge in [0.2, 0.25) is 0 Å². The molecule has 2 saturated heterocycles. The predicted octanol–water partition coefficient (Wildman–Crippen LogP) is 2.15. The van der Waals surface area contributed by atoms with E-state index in [0.717, 1.165) is 25.9 Å². The zero-order valence-corrected chi connectivity index (χ0v) is 17.1. The summed E-state index contributed by atoms with van der Waals surface area (Å²) in [6.07, 6.45) is 3.76. The number of para-hydroxylation sites is 1. The van der Waals surface area contributed by atoms with Gasteiger partial charge in [-0.1, -0.05) is 17.3 Å². The molecule has 28 heavy (non-hydrogen) atoms. The van der Waals surface area contributed by atoms with Crippen LogP contribution in [0.4, 0.5) is 10.1 Å². The Balaban J connectivity index is 0.00000140. The average Bonchev–Trinajstić information content (AvgIpc) is 3.19. The quantitative estimate of drug-likeness (QED) is 0.807. The number of hydrogen-bond acceptors (Lipinski definition) is 5. The van der Waals surface area contributed by atoms with Crippen molar-refractivity contribution in [2.24, 2.45) is 0 Å². The van der Waals surface area contributed by atoms with E-state index < -0.39 is 0 Å². The molecule has 1 aromatic carbocycles. The first-order valence-electron chi connectivity index (χ1n) is 9.13. The van der Waals surface area contributed by atoms with Crippen LogP contribution in [0.15, 0.2) is 30.5 Å². The van der Waals surface area contributed by atoms with Crippen molar-refractivity contribution in [3.05, 3.63) is 42.0 Å². The molecule has 0 bridgehead atoms. The number of amides is 1. The Hall–Kier alpha value is -1.90. The number of halogens is 3. The standard InChI is InChI=1S/C18H23FN6O.2ClH/c19-15-3-1-2-4-17(15)23-9-11-24(12-10-23)18(26)16-13-25(22-21-16)14-5-7-20-8-6-14;;/h1-4,13-14,20H,5-12H2;2*1H. The fourth-order valence-corrected chi connectivity index (χ4v) is 3.65. The van der Waals surface area contributed by atoms with Gasteiger partial charge in [0.05, 0.1) is 17.9 Å². The summed E-state index contributed by atoms with van der Waals surface area (Å²) >= 11 is 0. The van der Waals surface area contributed by atoms with Crippen LogP contribution in [-0.2, 0) is 0 Å². The molecule has 10 heteroatoms. The van der Waals surface area contributed by atoms with Crippen LogP contribution in [0.1, 0.15) is 29.4 Å².